The van der Waals surface area contributed by atoms with Gasteiger partial charge in [0.2, 0.25) is 0 Å². The summed E-state index contributed by atoms with van der Waals surface area (Å²) in [7, 11) is 0. The number of rotatable bonds is 14. The summed E-state index contributed by atoms with van der Waals surface area (Å²) in [6, 6.07) is 8.87. The minimum Gasteiger partial charge on any atom is -0.463 e. The maximum atomic E-state index is 10.7. The molecule has 0 bridgehead atoms. The Morgan fingerprint density at radius 3 is 1.79 bits per heavy atom. The average Bonchev–Trinajstić information content (AvgIpc) is 2.73. The summed E-state index contributed by atoms with van der Waals surface area (Å²) in [5.41, 5.74) is 0. The standard InChI is InChI=1S/C15H28O2.C9H8O2/c1-3-5-6-7-8-9-10-11-12-13-14-17-15(16)4-2;1-2-9(10)11-8-6-4-3-5-7-8/h4H,2-3,5-14H2,1H3;2-7H,1H2. The zero-order chi connectivity index (χ0) is 20.9. The maximum Gasteiger partial charge on any atom is 0.335 e. The first-order valence-electron chi connectivity index (χ1n) is 10.3. The Kier molecular flexibility index (Phi) is 17.8. The SMILES string of the molecule is C=CC(=O)OCCCCCCCCCCCC.C=CC(=O)Oc1ccccc1. The highest BCUT2D eigenvalue weighted by Crippen LogP contribution is 2.10. The predicted octanol–water partition coefficient (Wildman–Crippen LogP) is 6.41. The lowest BCUT2D eigenvalue weighted by Crippen LogP contribution is -2.02. The van der Waals surface area contributed by atoms with E-state index in [2.05, 4.69) is 20.1 Å². The molecule has 1 rings (SSSR count). The summed E-state index contributed by atoms with van der Waals surface area (Å²) in [5, 5.41) is 0. The largest absolute Gasteiger partial charge is 0.463 e. The normalized spacial score (nSPS) is 9.61. The Labute approximate surface area is 170 Å². The molecule has 1 aromatic carbocycles. The van der Waals surface area contributed by atoms with Crippen LogP contribution in [-0.4, -0.2) is 18.5 Å². The van der Waals surface area contributed by atoms with Gasteiger partial charge in [-0.05, 0) is 18.6 Å². The van der Waals surface area contributed by atoms with Crippen molar-refractivity contribution in [2.45, 2.75) is 71.1 Å². The van der Waals surface area contributed by atoms with Gasteiger partial charge in [-0.15, -0.1) is 0 Å². The number of unbranched alkanes of at least 4 members (excludes halogenated alkanes) is 9. The van der Waals surface area contributed by atoms with Crippen LogP contribution in [0.5, 0.6) is 5.75 Å². The van der Waals surface area contributed by atoms with Gasteiger partial charge in [0.25, 0.3) is 0 Å². The molecule has 0 fully saturated rings. The van der Waals surface area contributed by atoms with Crippen molar-refractivity contribution < 1.29 is 19.1 Å². The number of para-hydroxylation sites is 1. The molecule has 4 heteroatoms. The van der Waals surface area contributed by atoms with Crippen LogP contribution in [0.4, 0.5) is 0 Å². The Morgan fingerprint density at radius 1 is 0.786 bits per heavy atom. The van der Waals surface area contributed by atoms with Gasteiger partial charge >= 0.3 is 11.9 Å². The van der Waals surface area contributed by atoms with Crippen LogP contribution >= 0.6 is 0 Å². The molecule has 4 nitrogen and oxygen atoms in total. The number of carbonyl (C=O) groups is 2. The van der Waals surface area contributed by atoms with Crippen LogP contribution in [0.15, 0.2) is 55.6 Å². The van der Waals surface area contributed by atoms with Crippen molar-refractivity contribution in [1.82, 2.24) is 0 Å². The van der Waals surface area contributed by atoms with Crippen LogP contribution < -0.4 is 4.74 Å². The van der Waals surface area contributed by atoms with Gasteiger partial charge in [0.1, 0.15) is 5.75 Å². The van der Waals surface area contributed by atoms with Gasteiger partial charge in [-0.25, -0.2) is 9.59 Å². The second kappa shape index (κ2) is 19.4. The van der Waals surface area contributed by atoms with Crippen molar-refractivity contribution in [2.75, 3.05) is 6.61 Å². The molecule has 1 aromatic rings. The summed E-state index contributed by atoms with van der Waals surface area (Å²) in [6.07, 6.45) is 15.3. The summed E-state index contributed by atoms with van der Waals surface area (Å²) >= 11 is 0. The molecule has 156 valence electrons. The van der Waals surface area contributed by atoms with Crippen molar-refractivity contribution in [3.05, 3.63) is 55.6 Å². The van der Waals surface area contributed by atoms with Gasteiger partial charge in [0, 0.05) is 12.2 Å². The molecule has 0 aliphatic heterocycles. The van der Waals surface area contributed by atoms with Gasteiger partial charge in [-0.3, -0.25) is 0 Å². The molecule has 0 saturated carbocycles. The zero-order valence-corrected chi connectivity index (χ0v) is 17.4. The number of carbonyl (C=O) groups excluding carboxylic acids is 2. The molecule has 0 saturated heterocycles. The molecule has 0 unspecified atom stereocenters. The third-order valence-corrected chi connectivity index (χ3v) is 4.04. The number of benzene rings is 1. The molecule has 28 heavy (non-hydrogen) atoms. The second-order valence-corrected chi connectivity index (χ2v) is 6.49. The first-order chi connectivity index (χ1) is 13.6. The van der Waals surface area contributed by atoms with Crippen LogP contribution in [0, 0.1) is 0 Å². The molecule has 0 heterocycles. The van der Waals surface area contributed by atoms with Crippen molar-refractivity contribution in [3.8, 4) is 5.75 Å². The summed E-state index contributed by atoms with van der Waals surface area (Å²) in [4.78, 5) is 21.4. The molecule has 0 radical (unpaired) electrons. The lowest BCUT2D eigenvalue weighted by Gasteiger charge is -2.03. The van der Waals surface area contributed by atoms with E-state index in [4.69, 9.17) is 9.47 Å². The second-order valence-electron chi connectivity index (χ2n) is 6.49. The Balaban J connectivity index is 0.000000567. The Morgan fingerprint density at radius 2 is 1.29 bits per heavy atom. The summed E-state index contributed by atoms with van der Waals surface area (Å²) < 4.78 is 9.71. The fourth-order valence-corrected chi connectivity index (χ4v) is 2.47. The molecule has 0 aliphatic carbocycles. The van der Waals surface area contributed by atoms with E-state index in [0.717, 1.165) is 12.5 Å². The van der Waals surface area contributed by atoms with Gasteiger partial charge in [0.05, 0.1) is 6.61 Å². The quantitative estimate of drug-likeness (QED) is 0.160. The molecule has 0 aromatic heterocycles. The Hall–Kier alpha value is -2.36. The summed E-state index contributed by atoms with van der Waals surface area (Å²) in [6.45, 7) is 9.43. The molecule has 0 aliphatic rings. The van der Waals surface area contributed by atoms with E-state index in [0.29, 0.717) is 12.4 Å². The molecule has 0 N–H and O–H groups in total. The van der Waals surface area contributed by atoms with E-state index in [-0.39, 0.29) is 5.97 Å². The number of ether oxygens (including phenoxy) is 2. The molecule has 0 atom stereocenters. The van der Waals surface area contributed by atoms with Crippen molar-refractivity contribution in [2.24, 2.45) is 0 Å². The fraction of sp³-hybridized carbons (Fsp3) is 0.500. The Bertz CT molecular complexity index is 537. The number of esters is 2. The van der Waals surface area contributed by atoms with E-state index >= 15 is 0 Å². The fourth-order valence-electron chi connectivity index (χ4n) is 2.47. The monoisotopic (exact) mass is 388 g/mol. The lowest BCUT2D eigenvalue weighted by atomic mass is 10.1. The van der Waals surface area contributed by atoms with Crippen LogP contribution in [0.1, 0.15) is 71.1 Å². The highest BCUT2D eigenvalue weighted by molar-refractivity contribution is 5.83. The van der Waals surface area contributed by atoms with Crippen molar-refractivity contribution in [3.63, 3.8) is 0 Å². The lowest BCUT2D eigenvalue weighted by molar-refractivity contribution is -0.137. The van der Waals surface area contributed by atoms with E-state index in [1.165, 1.54) is 63.9 Å². The molecular weight excluding hydrogens is 352 g/mol. The van der Waals surface area contributed by atoms with Crippen molar-refractivity contribution >= 4 is 11.9 Å². The predicted molar refractivity (Wildman–Crippen MR) is 115 cm³/mol. The summed E-state index contributed by atoms with van der Waals surface area (Å²) in [5.74, 6) is -0.200. The number of hydrogen-bond donors (Lipinski definition) is 0. The highest BCUT2D eigenvalue weighted by atomic mass is 16.5. The van der Waals surface area contributed by atoms with Crippen LogP contribution in [0.3, 0.4) is 0 Å². The highest BCUT2D eigenvalue weighted by Gasteiger charge is 1.96. The van der Waals surface area contributed by atoms with Gasteiger partial charge < -0.3 is 9.47 Å². The van der Waals surface area contributed by atoms with Crippen LogP contribution in [0.2, 0.25) is 0 Å². The molecule has 0 amide bonds. The number of hydrogen-bond acceptors (Lipinski definition) is 4. The maximum absolute atomic E-state index is 10.7. The third kappa shape index (κ3) is 17.1. The van der Waals surface area contributed by atoms with Crippen molar-refractivity contribution in [1.29, 1.82) is 0 Å². The first kappa shape index (κ1) is 25.6. The van der Waals surface area contributed by atoms with E-state index in [1.807, 2.05) is 6.07 Å². The third-order valence-electron chi connectivity index (χ3n) is 4.04. The van der Waals surface area contributed by atoms with Crippen LogP contribution in [-0.2, 0) is 14.3 Å². The van der Waals surface area contributed by atoms with Gasteiger partial charge in [-0.1, -0.05) is 96.1 Å². The average molecular weight is 389 g/mol. The van der Waals surface area contributed by atoms with Gasteiger partial charge in [0.15, 0.2) is 0 Å². The first-order valence-corrected chi connectivity index (χ1v) is 10.3. The van der Waals surface area contributed by atoms with E-state index < -0.39 is 5.97 Å². The van der Waals surface area contributed by atoms with Crippen LogP contribution in [0.25, 0.3) is 0 Å². The zero-order valence-electron chi connectivity index (χ0n) is 17.4. The smallest absolute Gasteiger partial charge is 0.335 e. The van der Waals surface area contributed by atoms with E-state index in [9.17, 15) is 9.59 Å². The van der Waals surface area contributed by atoms with Gasteiger partial charge in [-0.2, -0.15) is 0 Å². The molecular formula is C24H36O4. The minimum absolute atomic E-state index is 0.305. The molecule has 0 spiro atoms. The van der Waals surface area contributed by atoms with E-state index in [1.54, 1.807) is 24.3 Å². The topological polar surface area (TPSA) is 52.6 Å². The minimum atomic E-state index is -0.434.